The lowest BCUT2D eigenvalue weighted by Gasteiger charge is -2.29. The monoisotopic (exact) mass is 489 g/mol. The van der Waals surface area contributed by atoms with Crippen LogP contribution < -0.4 is 16.4 Å². The van der Waals surface area contributed by atoms with Gasteiger partial charge in [-0.2, -0.15) is 0 Å². The highest BCUT2D eigenvalue weighted by atomic mass is 32.2. The van der Waals surface area contributed by atoms with Gasteiger partial charge in [0, 0.05) is 30.8 Å². The molecule has 188 valence electrons. The first kappa shape index (κ1) is 28.1. The molecule has 4 N–H and O–H groups in total. The van der Waals surface area contributed by atoms with Gasteiger partial charge >= 0.3 is 0 Å². The molecule has 1 saturated heterocycles. The summed E-state index contributed by atoms with van der Waals surface area (Å²) < 4.78 is 18.4. The van der Waals surface area contributed by atoms with E-state index >= 15 is 0 Å². The zero-order valence-electron chi connectivity index (χ0n) is 21.2. The van der Waals surface area contributed by atoms with Gasteiger partial charge in [0.2, 0.25) is 0 Å². The normalized spacial score (nSPS) is 21.6. The molecule has 1 aliphatic heterocycles. The Bertz CT molecular complexity index is 914. The predicted octanol–water partition coefficient (Wildman–Crippen LogP) is 5.43. The second kappa shape index (κ2) is 13.7. The van der Waals surface area contributed by atoms with E-state index in [4.69, 9.17) is 26.2 Å². The molecule has 6 nitrogen and oxygen atoms in total. The van der Waals surface area contributed by atoms with E-state index in [0.717, 1.165) is 49.4 Å². The molecule has 1 aromatic heterocycles. The Kier molecular flexibility index (Phi) is 11.3. The summed E-state index contributed by atoms with van der Waals surface area (Å²) in [6.45, 7) is 12.4. The molecule has 1 aromatic rings. The summed E-state index contributed by atoms with van der Waals surface area (Å²) in [5.74, 6) is 1.36. The fourth-order valence-corrected chi connectivity index (χ4v) is 4.64. The van der Waals surface area contributed by atoms with Crippen molar-refractivity contribution in [3.05, 3.63) is 58.8 Å². The Morgan fingerprint density at radius 1 is 1.18 bits per heavy atom. The van der Waals surface area contributed by atoms with Crippen LogP contribution in [-0.4, -0.2) is 42.3 Å². The molecule has 34 heavy (non-hydrogen) atoms. The second-order valence-corrected chi connectivity index (χ2v) is 9.33. The maximum absolute atomic E-state index is 13.1. The highest BCUT2D eigenvalue weighted by molar-refractivity contribution is 8.04. The Balaban J connectivity index is 0.000000970. The Morgan fingerprint density at radius 2 is 1.85 bits per heavy atom. The number of halogens is 1. The molecule has 0 radical (unpaired) electrons. The number of nitrogens with two attached hydrogens (primary N) is 2. The molecule has 2 heterocycles. The van der Waals surface area contributed by atoms with E-state index in [0.29, 0.717) is 24.1 Å². The molecule has 1 unspecified atom stereocenters. The minimum absolute atomic E-state index is 0.0397. The maximum Gasteiger partial charge on any atom is 0.161 e. The SMILES string of the molecule is C/C(F)=C\C=C(/N)SC1(c2cc(N3CCOCC3)nc(C3=CCC(N)C=C3)n2)CC1.CC.CC. The predicted molar refractivity (Wildman–Crippen MR) is 143 cm³/mol. The molecule has 0 bridgehead atoms. The lowest BCUT2D eigenvalue weighted by Crippen LogP contribution is -2.37. The highest BCUT2D eigenvalue weighted by Gasteiger charge is 2.47. The Morgan fingerprint density at radius 3 is 2.41 bits per heavy atom. The minimum atomic E-state index is -0.267. The first-order valence-corrected chi connectivity index (χ1v) is 13.1. The molecule has 1 atom stereocenters. The van der Waals surface area contributed by atoms with Crippen LogP contribution in [-0.2, 0) is 9.48 Å². The van der Waals surface area contributed by atoms with Crippen molar-refractivity contribution in [1.29, 1.82) is 0 Å². The summed E-state index contributed by atoms with van der Waals surface area (Å²) in [5, 5.41) is 0.584. The highest BCUT2D eigenvalue weighted by Crippen LogP contribution is 2.58. The first-order valence-electron chi connectivity index (χ1n) is 12.3. The van der Waals surface area contributed by atoms with Crippen LogP contribution in [0, 0.1) is 0 Å². The van der Waals surface area contributed by atoms with Crippen molar-refractivity contribution in [1.82, 2.24) is 9.97 Å². The maximum atomic E-state index is 13.1. The number of anilines is 1. The van der Waals surface area contributed by atoms with Crippen LogP contribution >= 0.6 is 11.8 Å². The standard InChI is InChI=1S/C22H28FN5OS.2C2H6/c1-15(23)2-7-19(25)30-22(8-9-22)18-14-20(28-10-12-29-13-11-28)27-21(26-18)16-3-5-17(24)6-4-16;2*1-2/h2-5,7,14,17H,6,8-13,24-25H2,1H3;2*1-2H3/b15-2+,19-7+;;. The number of thioether (sulfide) groups is 1. The molecule has 0 spiro atoms. The molecule has 2 fully saturated rings. The van der Waals surface area contributed by atoms with Crippen molar-refractivity contribution in [3.8, 4) is 0 Å². The molecule has 1 saturated carbocycles. The third-order valence-corrected chi connectivity index (χ3v) is 6.78. The van der Waals surface area contributed by atoms with E-state index in [2.05, 4.69) is 17.0 Å². The van der Waals surface area contributed by atoms with E-state index in [1.807, 2.05) is 39.8 Å². The van der Waals surface area contributed by atoms with E-state index in [1.165, 1.54) is 13.0 Å². The number of aromatic nitrogens is 2. The van der Waals surface area contributed by atoms with E-state index in [-0.39, 0.29) is 16.6 Å². The number of hydrogen-bond donors (Lipinski definition) is 2. The first-order chi connectivity index (χ1) is 16.4. The number of allylic oxidation sites excluding steroid dienone is 5. The summed E-state index contributed by atoms with van der Waals surface area (Å²) in [4.78, 5) is 12.0. The molecule has 3 aliphatic rings. The van der Waals surface area contributed by atoms with Crippen molar-refractivity contribution in [3.63, 3.8) is 0 Å². The molecular weight excluding hydrogens is 449 g/mol. The number of hydrogen-bond acceptors (Lipinski definition) is 7. The topological polar surface area (TPSA) is 90.3 Å². The molecule has 0 aromatic carbocycles. The minimum Gasteiger partial charge on any atom is -0.394 e. The van der Waals surface area contributed by atoms with Gasteiger partial charge in [0.15, 0.2) is 5.82 Å². The van der Waals surface area contributed by atoms with Gasteiger partial charge in [-0.25, -0.2) is 14.4 Å². The van der Waals surface area contributed by atoms with Crippen LogP contribution in [0.3, 0.4) is 0 Å². The van der Waals surface area contributed by atoms with Crippen molar-refractivity contribution in [2.24, 2.45) is 11.5 Å². The molecular formula is C26H40FN5OS. The number of ether oxygens (including phenoxy) is 1. The zero-order chi connectivity index (χ0) is 25.1. The van der Waals surface area contributed by atoms with Crippen LogP contribution in [0.1, 0.15) is 65.4 Å². The summed E-state index contributed by atoms with van der Waals surface area (Å²) in [7, 11) is 0. The van der Waals surface area contributed by atoms with Crippen molar-refractivity contribution in [2.45, 2.75) is 64.7 Å². The van der Waals surface area contributed by atoms with Crippen LogP contribution in [0.25, 0.3) is 5.57 Å². The lowest BCUT2D eigenvalue weighted by molar-refractivity contribution is 0.122. The van der Waals surface area contributed by atoms with Crippen LogP contribution in [0.2, 0.25) is 0 Å². The fourth-order valence-electron chi connectivity index (χ4n) is 3.53. The molecule has 4 rings (SSSR count). The van der Waals surface area contributed by atoms with Gasteiger partial charge in [0.25, 0.3) is 0 Å². The van der Waals surface area contributed by atoms with Gasteiger partial charge in [-0.15, -0.1) is 0 Å². The van der Waals surface area contributed by atoms with Gasteiger partial charge in [0.1, 0.15) is 5.82 Å². The Hall–Kier alpha value is -2.16. The summed E-state index contributed by atoms with van der Waals surface area (Å²) >= 11 is 1.56. The fraction of sp³-hybridized carbons (Fsp3) is 0.538. The quantitative estimate of drug-likeness (QED) is 0.515. The second-order valence-electron chi connectivity index (χ2n) is 7.87. The third kappa shape index (κ3) is 7.68. The molecule has 8 heteroatoms. The van der Waals surface area contributed by atoms with E-state index < -0.39 is 0 Å². The average molecular weight is 490 g/mol. The number of rotatable bonds is 6. The van der Waals surface area contributed by atoms with Gasteiger partial charge in [-0.3, -0.25) is 0 Å². The van der Waals surface area contributed by atoms with Gasteiger partial charge in [0.05, 0.1) is 34.5 Å². The summed E-state index contributed by atoms with van der Waals surface area (Å²) in [6.07, 6.45) is 11.8. The number of nitrogens with zero attached hydrogens (tertiary/aromatic N) is 3. The summed E-state index contributed by atoms with van der Waals surface area (Å²) in [6, 6.07) is 2.12. The van der Waals surface area contributed by atoms with Gasteiger partial charge in [-0.05, 0) is 38.3 Å². The van der Waals surface area contributed by atoms with Gasteiger partial charge in [-0.1, -0.05) is 57.7 Å². The zero-order valence-corrected chi connectivity index (χ0v) is 22.0. The lowest BCUT2D eigenvalue weighted by atomic mass is 10.0. The largest absolute Gasteiger partial charge is 0.394 e. The van der Waals surface area contributed by atoms with E-state index in [1.54, 1.807) is 17.8 Å². The van der Waals surface area contributed by atoms with Crippen LogP contribution in [0.5, 0.6) is 0 Å². The van der Waals surface area contributed by atoms with Crippen molar-refractivity contribution < 1.29 is 9.13 Å². The Labute approximate surface area is 208 Å². The summed E-state index contributed by atoms with van der Waals surface area (Å²) in [5.41, 5.74) is 14.1. The molecule has 0 amide bonds. The van der Waals surface area contributed by atoms with Crippen molar-refractivity contribution >= 4 is 23.2 Å². The van der Waals surface area contributed by atoms with Gasteiger partial charge < -0.3 is 21.1 Å². The van der Waals surface area contributed by atoms with Crippen molar-refractivity contribution in [2.75, 3.05) is 31.2 Å². The molecule has 2 aliphatic carbocycles. The number of morpholine rings is 1. The third-order valence-electron chi connectivity index (χ3n) is 5.40. The van der Waals surface area contributed by atoms with Crippen LogP contribution in [0.15, 0.2) is 47.3 Å². The average Bonchev–Trinajstić information content (AvgIpc) is 3.66. The van der Waals surface area contributed by atoms with E-state index in [9.17, 15) is 4.39 Å². The van der Waals surface area contributed by atoms with Crippen LogP contribution in [0.4, 0.5) is 10.2 Å². The smallest absolute Gasteiger partial charge is 0.161 e.